The van der Waals surface area contributed by atoms with Crippen molar-refractivity contribution in [2.45, 2.75) is 25.8 Å². The van der Waals surface area contributed by atoms with Gasteiger partial charge in [-0.05, 0) is 37.5 Å². The average Bonchev–Trinajstić information content (AvgIpc) is 2.62. The van der Waals surface area contributed by atoms with Crippen molar-refractivity contribution >= 4 is 34.9 Å². The van der Waals surface area contributed by atoms with E-state index in [9.17, 15) is 4.79 Å². The molecule has 1 aromatic carbocycles. The van der Waals surface area contributed by atoms with Crippen LogP contribution in [0, 0.1) is 5.92 Å². The zero-order valence-corrected chi connectivity index (χ0v) is 15.5. The first-order valence-electron chi connectivity index (χ1n) is 8.31. The summed E-state index contributed by atoms with van der Waals surface area (Å²) in [6, 6.07) is 5.14. The number of rotatable bonds is 4. The Hall–Kier alpha value is -1.85. The second-order valence-corrected chi connectivity index (χ2v) is 7.09. The molecule has 0 bridgehead atoms. The quantitative estimate of drug-likeness (QED) is 0.876. The zero-order chi connectivity index (χ0) is 17.8. The molecule has 2 aromatic rings. The lowest BCUT2D eigenvalue weighted by Crippen LogP contribution is -2.44. The predicted octanol–water partition coefficient (Wildman–Crippen LogP) is 3.88. The minimum Gasteiger partial charge on any atom is -0.355 e. The van der Waals surface area contributed by atoms with Gasteiger partial charge in [0.2, 0.25) is 5.91 Å². The van der Waals surface area contributed by atoms with Gasteiger partial charge in [-0.1, -0.05) is 29.3 Å². The number of hydrogen-bond acceptors (Lipinski definition) is 4. The molecule has 1 saturated heterocycles. The molecule has 2 heterocycles. The Kier molecular flexibility index (Phi) is 5.76. The highest BCUT2D eigenvalue weighted by Crippen LogP contribution is 2.27. The molecule has 0 saturated carbocycles. The molecule has 5 nitrogen and oxygen atoms in total. The van der Waals surface area contributed by atoms with E-state index in [1.54, 1.807) is 30.7 Å². The van der Waals surface area contributed by atoms with Crippen LogP contribution in [-0.4, -0.2) is 29.0 Å². The number of carbonyl (C=O) groups excluding carboxylic acids is 1. The van der Waals surface area contributed by atoms with Crippen molar-refractivity contribution < 1.29 is 4.79 Å². The summed E-state index contributed by atoms with van der Waals surface area (Å²) in [5.74, 6) is 0.769. The van der Waals surface area contributed by atoms with Gasteiger partial charge in [-0.2, -0.15) is 0 Å². The van der Waals surface area contributed by atoms with E-state index in [0.29, 0.717) is 16.6 Å². The Morgan fingerprint density at radius 1 is 1.36 bits per heavy atom. The highest BCUT2D eigenvalue weighted by molar-refractivity contribution is 6.35. The fourth-order valence-electron chi connectivity index (χ4n) is 3.12. The molecule has 1 N–H and O–H groups in total. The van der Waals surface area contributed by atoms with Crippen molar-refractivity contribution in [1.82, 2.24) is 15.3 Å². The first-order chi connectivity index (χ1) is 12.0. The molecule has 2 unspecified atom stereocenters. The van der Waals surface area contributed by atoms with E-state index >= 15 is 0 Å². The number of carbonyl (C=O) groups is 1. The molecular weight excluding hydrogens is 359 g/mol. The Balaban J connectivity index is 1.64. The number of amides is 1. The number of halogens is 2. The highest BCUT2D eigenvalue weighted by atomic mass is 35.5. The van der Waals surface area contributed by atoms with Gasteiger partial charge in [-0.25, -0.2) is 4.98 Å². The normalized spacial score (nSPS) is 18.7. The second-order valence-electron chi connectivity index (χ2n) is 6.24. The Morgan fingerprint density at radius 2 is 2.20 bits per heavy atom. The molecule has 7 heteroatoms. The summed E-state index contributed by atoms with van der Waals surface area (Å²) >= 11 is 12.2. The van der Waals surface area contributed by atoms with Crippen molar-refractivity contribution in [2.75, 3.05) is 18.0 Å². The standard InChI is InChI=1S/C18H20Cl2N4O/c1-12(15-5-4-14(19)9-16(15)20)23-18(25)13-3-2-8-24(11-13)17-10-21-6-7-22-17/h4-7,9-10,12-13H,2-3,8,11H2,1H3,(H,23,25). The molecule has 0 spiro atoms. The number of anilines is 1. The second kappa shape index (κ2) is 8.02. The van der Waals surface area contributed by atoms with Gasteiger partial charge in [0.05, 0.1) is 18.2 Å². The summed E-state index contributed by atoms with van der Waals surface area (Å²) in [6.07, 6.45) is 6.86. The fraction of sp³-hybridized carbons (Fsp3) is 0.389. The molecule has 25 heavy (non-hydrogen) atoms. The molecule has 1 aliphatic heterocycles. The van der Waals surface area contributed by atoms with E-state index in [1.807, 2.05) is 13.0 Å². The van der Waals surface area contributed by atoms with Crippen LogP contribution in [0.15, 0.2) is 36.8 Å². The van der Waals surface area contributed by atoms with Gasteiger partial charge in [-0.15, -0.1) is 0 Å². The Morgan fingerprint density at radius 3 is 2.92 bits per heavy atom. The Bertz CT molecular complexity index is 741. The van der Waals surface area contributed by atoms with Crippen molar-refractivity contribution in [3.63, 3.8) is 0 Å². The van der Waals surface area contributed by atoms with Crippen LogP contribution in [0.1, 0.15) is 31.4 Å². The number of piperidine rings is 1. The van der Waals surface area contributed by atoms with Crippen LogP contribution in [0.3, 0.4) is 0 Å². The summed E-state index contributed by atoms with van der Waals surface area (Å²) in [6.45, 7) is 3.46. The smallest absolute Gasteiger partial charge is 0.225 e. The summed E-state index contributed by atoms with van der Waals surface area (Å²) < 4.78 is 0. The highest BCUT2D eigenvalue weighted by Gasteiger charge is 2.27. The molecule has 1 fully saturated rings. The molecule has 2 atom stereocenters. The van der Waals surface area contributed by atoms with Crippen LogP contribution in [0.2, 0.25) is 10.0 Å². The van der Waals surface area contributed by atoms with Crippen LogP contribution in [-0.2, 0) is 4.79 Å². The summed E-state index contributed by atoms with van der Waals surface area (Å²) in [5.41, 5.74) is 0.862. The van der Waals surface area contributed by atoms with Gasteiger partial charge in [-0.3, -0.25) is 9.78 Å². The topological polar surface area (TPSA) is 58.1 Å². The third-order valence-electron chi connectivity index (χ3n) is 4.45. The number of hydrogen-bond donors (Lipinski definition) is 1. The lowest BCUT2D eigenvalue weighted by Gasteiger charge is -2.33. The van der Waals surface area contributed by atoms with Crippen LogP contribution in [0.4, 0.5) is 5.82 Å². The van der Waals surface area contributed by atoms with Gasteiger partial charge in [0.15, 0.2) is 0 Å². The van der Waals surface area contributed by atoms with Crippen LogP contribution in [0.5, 0.6) is 0 Å². The van der Waals surface area contributed by atoms with E-state index in [-0.39, 0.29) is 17.9 Å². The molecule has 1 aromatic heterocycles. The van der Waals surface area contributed by atoms with E-state index in [4.69, 9.17) is 23.2 Å². The van der Waals surface area contributed by atoms with Crippen LogP contribution in [0.25, 0.3) is 0 Å². The van der Waals surface area contributed by atoms with Gasteiger partial charge < -0.3 is 10.2 Å². The van der Waals surface area contributed by atoms with Crippen LogP contribution >= 0.6 is 23.2 Å². The number of nitrogens with zero attached hydrogens (tertiary/aromatic N) is 3. The maximum atomic E-state index is 12.7. The SMILES string of the molecule is CC(NC(=O)C1CCCN(c2cnccn2)C1)c1ccc(Cl)cc1Cl. The summed E-state index contributed by atoms with van der Waals surface area (Å²) in [5, 5.41) is 4.21. The largest absolute Gasteiger partial charge is 0.355 e. The molecule has 0 radical (unpaired) electrons. The monoisotopic (exact) mass is 378 g/mol. The lowest BCUT2D eigenvalue weighted by atomic mass is 9.96. The first-order valence-corrected chi connectivity index (χ1v) is 9.06. The molecule has 132 valence electrons. The number of nitrogens with one attached hydrogen (secondary N) is 1. The molecule has 3 rings (SSSR count). The minimum absolute atomic E-state index is 0.0344. The van der Waals surface area contributed by atoms with E-state index in [2.05, 4.69) is 20.2 Å². The van der Waals surface area contributed by atoms with Gasteiger partial charge in [0.25, 0.3) is 0 Å². The van der Waals surface area contributed by atoms with Crippen molar-refractivity contribution in [2.24, 2.45) is 5.92 Å². The first kappa shape index (κ1) is 18.0. The number of benzene rings is 1. The maximum Gasteiger partial charge on any atom is 0.225 e. The van der Waals surface area contributed by atoms with Crippen molar-refractivity contribution in [3.8, 4) is 0 Å². The van der Waals surface area contributed by atoms with Crippen molar-refractivity contribution in [1.29, 1.82) is 0 Å². The van der Waals surface area contributed by atoms with E-state index in [1.165, 1.54) is 0 Å². The van der Waals surface area contributed by atoms with E-state index in [0.717, 1.165) is 30.8 Å². The summed E-state index contributed by atoms with van der Waals surface area (Å²) in [7, 11) is 0. The zero-order valence-electron chi connectivity index (χ0n) is 14.0. The molecular formula is C18H20Cl2N4O. The van der Waals surface area contributed by atoms with Gasteiger partial charge >= 0.3 is 0 Å². The molecule has 1 aliphatic rings. The minimum atomic E-state index is -0.177. The van der Waals surface area contributed by atoms with Crippen molar-refractivity contribution in [3.05, 3.63) is 52.4 Å². The maximum absolute atomic E-state index is 12.7. The van der Waals surface area contributed by atoms with Gasteiger partial charge in [0, 0.05) is 35.5 Å². The molecule has 0 aliphatic carbocycles. The fourth-order valence-corrected chi connectivity index (χ4v) is 3.69. The predicted molar refractivity (Wildman–Crippen MR) is 100.0 cm³/mol. The van der Waals surface area contributed by atoms with Gasteiger partial charge in [0.1, 0.15) is 5.82 Å². The average molecular weight is 379 g/mol. The number of aromatic nitrogens is 2. The third kappa shape index (κ3) is 4.41. The molecule has 1 amide bonds. The Labute approximate surface area is 157 Å². The van der Waals surface area contributed by atoms with Crippen LogP contribution < -0.4 is 10.2 Å². The lowest BCUT2D eigenvalue weighted by molar-refractivity contribution is -0.125. The summed E-state index contributed by atoms with van der Waals surface area (Å²) in [4.78, 5) is 23.2. The third-order valence-corrected chi connectivity index (χ3v) is 5.02. The van der Waals surface area contributed by atoms with E-state index < -0.39 is 0 Å².